The Labute approximate surface area is 192 Å². The first-order chi connectivity index (χ1) is 16.0. The third-order valence-corrected chi connectivity index (χ3v) is 5.31. The topological polar surface area (TPSA) is 103 Å². The number of carbonyl (C=O) groups excluding carboxylic acids is 1. The zero-order valence-corrected chi connectivity index (χ0v) is 19.3. The van der Waals surface area contributed by atoms with Crippen molar-refractivity contribution in [3.05, 3.63) is 64.9 Å². The van der Waals surface area contributed by atoms with Crippen molar-refractivity contribution in [2.45, 2.75) is 40.2 Å². The van der Waals surface area contributed by atoms with E-state index in [0.29, 0.717) is 47.6 Å². The molecule has 1 aromatic heterocycles. The van der Waals surface area contributed by atoms with Gasteiger partial charge in [-0.15, -0.1) is 0 Å². The number of rotatable bonds is 8. The molecule has 0 saturated carbocycles. The fraction of sp³-hybridized carbons (Fsp3) is 0.333. The maximum absolute atomic E-state index is 13.5. The number of aryl methyl sites for hydroxylation is 1. The number of ether oxygens (including phenoxy) is 2. The molecule has 3 aromatic rings. The predicted molar refractivity (Wildman–Crippen MR) is 125 cm³/mol. The number of aromatic nitrogens is 4. The number of benzene rings is 2. The first-order valence-electron chi connectivity index (χ1n) is 11.0. The number of allylic oxidation sites excluding steroid dienone is 1. The van der Waals surface area contributed by atoms with Crippen LogP contribution < -0.4 is 20.1 Å². The molecule has 2 heterocycles. The van der Waals surface area contributed by atoms with E-state index in [1.807, 2.05) is 63.2 Å². The second-order valence-corrected chi connectivity index (χ2v) is 7.82. The first-order valence-corrected chi connectivity index (χ1v) is 11.0. The molecule has 0 bridgehead atoms. The number of carbonyl (C=O) groups is 1. The minimum Gasteiger partial charge on any atom is -0.490 e. The van der Waals surface area contributed by atoms with Crippen molar-refractivity contribution < 1.29 is 14.3 Å². The van der Waals surface area contributed by atoms with Crippen molar-refractivity contribution in [2.24, 2.45) is 0 Å². The van der Waals surface area contributed by atoms with E-state index < -0.39 is 6.04 Å². The molecule has 2 aromatic carbocycles. The largest absolute Gasteiger partial charge is 0.490 e. The van der Waals surface area contributed by atoms with E-state index in [0.717, 1.165) is 17.5 Å². The first kappa shape index (κ1) is 22.3. The Morgan fingerprint density at radius 3 is 2.61 bits per heavy atom. The van der Waals surface area contributed by atoms with Crippen LogP contribution in [-0.2, 0) is 4.79 Å². The van der Waals surface area contributed by atoms with Crippen LogP contribution in [0, 0.1) is 6.92 Å². The molecule has 2 N–H and O–H groups in total. The summed E-state index contributed by atoms with van der Waals surface area (Å²) in [5.41, 5.74) is 3.83. The van der Waals surface area contributed by atoms with E-state index in [9.17, 15) is 4.79 Å². The molecule has 1 amide bonds. The summed E-state index contributed by atoms with van der Waals surface area (Å²) in [6.07, 6.45) is 0.890. The number of amides is 1. The predicted octanol–water partition coefficient (Wildman–Crippen LogP) is 4.10. The Balaban J connectivity index is 1.74. The van der Waals surface area contributed by atoms with Gasteiger partial charge < -0.3 is 20.1 Å². The minimum absolute atomic E-state index is 0.237. The van der Waals surface area contributed by atoms with Crippen LogP contribution in [0.25, 0.3) is 0 Å². The summed E-state index contributed by atoms with van der Waals surface area (Å²) in [7, 11) is 0. The number of hydrogen-bond acceptors (Lipinski definition) is 7. The quantitative estimate of drug-likeness (QED) is 0.535. The summed E-state index contributed by atoms with van der Waals surface area (Å²) in [6, 6.07) is 12.8. The fourth-order valence-corrected chi connectivity index (χ4v) is 3.74. The zero-order chi connectivity index (χ0) is 23.4. The average molecular weight is 449 g/mol. The SMILES string of the molecule is CCCOc1ccc(C2C(C(=O)Nc3ccc(C)cc3)=C(C)Nc3nnnn32)cc1OCC. The van der Waals surface area contributed by atoms with Gasteiger partial charge in [-0.25, -0.2) is 0 Å². The van der Waals surface area contributed by atoms with Gasteiger partial charge >= 0.3 is 0 Å². The molecule has 172 valence electrons. The van der Waals surface area contributed by atoms with Gasteiger partial charge in [0.25, 0.3) is 5.91 Å². The highest BCUT2D eigenvalue weighted by Gasteiger charge is 2.34. The van der Waals surface area contributed by atoms with Gasteiger partial charge in [0.1, 0.15) is 6.04 Å². The van der Waals surface area contributed by atoms with E-state index in [1.54, 1.807) is 4.68 Å². The molecule has 1 aliphatic heterocycles. The Kier molecular flexibility index (Phi) is 6.58. The van der Waals surface area contributed by atoms with Crippen LogP contribution in [0.1, 0.15) is 44.4 Å². The number of nitrogens with one attached hydrogen (secondary N) is 2. The third kappa shape index (κ3) is 4.67. The summed E-state index contributed by atoms with van der Waals surface area (Å²) in [4.78, 5) is 13.5. The average Bonchev–Trinajstić information content (AvgIpc) is 3.27. The summed E-state index contributed by atoms with van der Waals surface area (Å²) < 4.78 is 13.3. The Morgan fingerprint density at radius 1 is 1.09 bits per heavy atom. The lowest BCUT2D eigenvalue weighted by Crippen LogP contribution is -2.31. The van der Waals surface area contributed by atoms with Crippen LogP contribution >= 0.6 is 0 Å². The molecule has 0 fully saturated rings. The van der Waals surface area contributed by atoms with Gasteiger partial charge in [-0.05, 0) is 67.4 Å². The monoisotopic (exact) mass is 448 g/mol. The number of anilines is 2. The highest BCUT2D eigenvalue weighted by Crippen LogP contribution is 2.38. The Morgan fingerprint density at radius 2 is 1.88 bits per heavy atom. The van der Waals surface area contributed by atoms with Crippen LogP contribution in [-0.4, -0.2) is 39.3 Å². The molecular formula is C24H28N6O3. The molecule has 9 nitrogen and oxygen atoms in total. The van der Waals surface area contributed by atoms with Crippen molar-refractivity contribution in [3.63, 3.8) is 0 Å². The van der Waals surface area contributed by atoms with E-state index in [4.69, 9.17) is 9.47 Å². The van der Waals surface area contributed by atoms with Gasteiger partial charge in [-0.3, -0.25) is 4.79 Å². The summed E-state index contributed by atoms with van der Waals surface area (Å²) in [5.74, 6) is 1.51. The number of nitrogens with zero attached hydrogens (tertiary/aromatic N) is 4. The normalized spacial score (nSPS) is 15.0. The van der Waals surface area contributed by atoms with Gasteiger partial charge in [-0.1, -0.05) is 35.8 Å². The molecule has 1 aliphatic rings. The van der Waals surface area contributed by atoms with Gasteiger partial charge in [0.15, 0.2) is 11.5 Å². The van der Waals surface area contributed by atoms with Gasteiger partial charge in [-0.2, -0.15) is 4.68 Å². The van der Waals surface area contributed by atoms with Crippen molar-refractivity contribution in [1.82, 2.24) is 20.2 Å². The standard InChI is InChI=1S/C24H28N6O3/c1-5-13-33-19-12-9-17(14-20(19)32-6-2)22-21(16(4)25-24-27-28-29-30(22)24)23(31)26-18-10-7-15(3)8-11-18/h7-12,14,22H,5-6,13H2,1-4H3,(H,26,31)(H,25,27,29). The Bertz CT molecular complexity index is 1170. The third-order valence-electron chi connectivity index (χ3n) is 5.31. The van der Waals surface area contributed by atoms with Gasteiger partial charge in [0, 0.05) is 11.4 Å². The molecule has 1 unspecified atom stereocenters. The van der Waals surface area contributed by atoms with Crippen molar-refractivity contribution in [2.75, 3.05) is 23.8 Å². The molecule has 1 atom stereocenters. The van der Waals surface area contributed by atoms with Crippen LogP contribution in [0.15, 0.2) is 53.7 Å². The second-order valence-electron chi connectivity index (χ2n) is 7.82. The van der Waals surface area contributed by atoms with Crippen molar-refractivity contribution in [3.8, 4) is 11.5 Å². The highest BCUT2D eigenvalue weighted by atomic mass is 16.5. The number of hydrogen-bond donors (Lipinski definition) is 2. The van der Waals surface area contributed by atoms with E-state index >= 15 is 0 Å². The van der Waals surface area contributed by atoms with Gasteiger partial charge in [0.05, 0.1) is 18.8 Å². The lowest BCUT2D eigenvalue weighted by Gasteiger charge is -2.28. The van der Waals surface area contributed by atoms with Crippen molar-refractivity contribution >= 4 is 17.5 Å². The molecule has 0 radical (unpaired) electrons. The van der Waals surface area contributed by atoms with Crippen LogP contribution in [0.2, 0.25) is 0 Å². The maximum atomic E-state index is 13.5. The molecule has 0 saturated heterocycles. The fourth-order valence-electron chi connectivity index (χ4n) is 3.74. The van der Waals surface area contributed by atoms with E-state index in [1.165, 1.54) is 0 Å². The lowest BCUT2D eigenvalue weighted by molar-refractivity contribution is -0.113. The molecule has 9 heteroatoms. The summed E-state index contributed by atoms with van der Waals surface area (Å²) in [5, 5.41) is 18.1. The van der Waals surface area contributed by atoms with Crippen molar-refractivity contribution in [1.29, 1.82) is 0 Å². The molecular weight excluding hydrogens is 420 g/mol. The van der Waals surface area contributed by atoms with Crippen LogP contribution in [0.4, 0.5) is 11.6 Å². The number of tetrazole rings is 1. The zero-order valence-electron chi connectivity index (χ0n) is 19.3. The smallest absolute Gasteiger partial charge is 0.255 e. The summed E-state index contributed by atoms with van der Waals surface area (Å²) >= 11 is 0. The van der Waals surface area contributed by atoms with E-state index in [-0.39, 0.29) is 5.91 Å². The maximum Gasteiger partial charge on any atom is 0.255 e. The molecule has 33 heavy (non-hydrogen) atoms. The van der Waals surface area contributed by atoms with Crippen LogP contribution in [0.5, 0.6) is 11.5 Å². The van der Waals surface area contributed by atoms with Gasteiger partial charge in [0.2, 0.25) is 5.95 Å². The minimum atomic E-state index is -0.541. The van der Waals surface area contributed by atoms with Crippen LogP contribution in [0.3, 0.4) is 0 Å². The molecule has 0 spiro atoms. The highest BCUT2D eigenvalue weighted by molar-refractivity contribution is 6.06. The Hall–Kier alpha value is -3.88. The molecule has 0 aliphatic carbocycles. The number of fused-ring (bicyclic) bond motifs is 1. The summed E-state index contributed by atoms with van der Waals surface area (Å²) in [6.45, 7) is 8.90. The van der Waals surface area contributed by atoms with E-state index in [2.05, 4.69) is 33.1 Å². The lowest BCUT2D eigenvalue weighted by atomic mass is 9.94. The second kappa shape index (κ2) is 9.72. The molecule has 4 rings (SSSR count).